The molecule has 0 aromatic carbocycles. The summed E-state index contributed by atoms with van der Waals surface area (Å²) in [5, 5.41) is 3.77. The number of rotatable bonds is 1. The van der Waals surface area contributed by atoms with E-state index >= 15 is 0 Å². The Morgan fingerprint density at radius 2 is 2.29 bits per heavy atom. The van der Waals surface area contributed by atoms with E-state index in [-0.39, 0.29) is 5.69 Å². The summed E-state index contributed by atoms with van der Waals surface area (Å²) >= 11 is 0. The number of hydrogen-bond acceptors (Lipinski definition) is 4. The predicted octanol–water partition coefficient (Wildman–Crippen LogP) is -0.812. The SMILES string of the molecule is NC(=O)c1cc(=O)n2ncccc2n1. The fourth-order valence-electron chi connectivity index (χ4n) is 1.08. The maximum absolute atomic E-state index is 11.4. The van der Waals surface area contributed by atoms with Gasteiger partial charge in [-0.3, -0.25) is 9.59 Å². The highest BCUT2D eigenvalue weighted by atomic mass is 16.1. The van der Waals surface area contributed by atoms with E-state index < -0.39 is 11.5 Å². The molecule has 1 amide bonds. The van der Waals surface area contributed by atoms with E-state index in [2.05, 4.69) is 10.1 Å². The number of carbonyl (C=O) groups excluding carboxylic acids is 1. The molecule has 2 aromatic rings. The lowest BCUT2D eigenvalue weighted by atomic mass is 10.4. The zero-order valence-corrected chi connectivity index (χ0v) is 7.04. The van der Waals surface area contributed by atoms with Gasteiger partial charge in [-0.1, -0.05) is 0 Å². The summed E-state index contributed by atoms with van der Waals surface area (Å²) in [4.78, 5) is 26.0. The largest absolute Gasteiger partial charge is 0.364 e. The van der Waals surface area contributed by atoms with Crippen molar-refractivity contribution in [1.82, 2.24) is 14.6 Å². The summed E-state index contributed by atoms with van der Waals surface area (Å²) in [5.74, 6) is -0.728. The molecule has 70 valence electrons. The smallest absolute Gasteiger partial charge is 0.275 e. The number of fused-ring (bicyclic) bond motifs is 1. The Bertz CT molecular complexity index is 561. The second-order valence-corrected chi connectivity index (χ2v) is 2.64. The Balaban J connectivity index is 2.86. The van der Waals surface area contributed by atoms with Crippen LogP contribution in [0.3, 0.4) is 0 Å². The molecule has 0 aliphatic carbocycles. The second-order valence-electron chi connectivity index (χ2n) is 2.64. The average Bonchev–Trinajstić information content (AvgIpc) is 2.17. The van der Waals surface area contributed by atoms with Crippen molar-refractivity contribution < 1.29 is 4.79 Å². The van der Waals surface area contributed by atoms with Crippen LogP contribution in [-0.4, -0.2) is 20.5 Å². The van der Waals surface area contributed by atoms with Gasteiger partial charge in [0.1, 0.15) is 5.69 Å². The summed E-state index contributed by atoms with van der Waals surface area (Å²) in [6.07, 6.45) is 1.46. The molecule has 0 saturated heterocycles. The van der Waals surface area contributed by atoms with E-state index in [4.69, 9.17) is 5.73 Å². The number of carbonyl (C=O) groups is 1. The van der Waals surface area contributed by atoms with E-state index in [0.717, 1.165) is 10.6 Å². The first kappa shape index (κ1) is 8.36. The molecule has 0 aliphatic heterocycles. The number of nitrogens with zero attached hydrogens (tertiary/aromatic N) is 3. The van der Waals surface area contributed by atoms with Crippen molar-refractivity contribution in [3.63, 3.8) is 0 Å². The maximum atomic E-state index is 11.4. The summed E-state index contributed by atoms with van der Waals surface area (Å²) in [6, 6.07) is 4.25. The molecule has 0 bridgehead atoms. The summed E-state index contributed by atoms with van der Waals surface area (Å²) in [6.45, 7) is 0. The first-order valence-electron chi connectivity index (χ1n) is 3.83. The Hall–Kier alpha value is -2.24. The summed E-state index contributed by atoms with van der Waals surface area (Å²) in [5.41, 5.74) is 4.82. The number of amides is 1. The van der Waals surface area contributed by atoms with Gasteiger partial charge in [0.15, 0.2) is 5.65 Å². The van der Waals surface area contributed by atoms with Crippen LogP contribution in [0.1, 0.15) is 10.5 Å². The van der Waals surface area contributed by atoms with Gasteiger partial charge in [0, 0.05) is 12.3 Å². The minimum atomic E-state index is -0.728. The van der Waals surface area contributed by atoms with Crippen LogP contribution in [0.4, 0.5) is 0 Å². The maximum Gasteiger partial charge on any atom is 0.275 e. The van der Waals surface area contributed by atoms with E-state index in [0.29, 0.717) is 5.65 Å². The zero-order chi connectivity index (χ0) is 10.1. The van der Waals surface area contributed by atoms with Gasteiger partial charge >= 0.3 is 0 Å². The first-order chi connectivity index (χ1) is 6.68. The zero-order valence-electron chi connectivity index (χ0n) is 7.04. The minimum Gasteiger partial charge on any atom is -0.364 e. The van der Waals surface area contributed by atoms with Gasteiger partial charge in [0.25, 0.3) is 11.5 Å². The van der Waals surface area contributed by atoms with Crippen LogP contribution in [0.5, 0.6) is 0 Å². The molecule has 0 fully saturated rings. The van der Waals surface area contributed by atoms with Gasteiger partial charge in [-0.25, -0.2) is 4.98 Å². The fourth-order valence-corrected chi connectivity index (χ4v) is 1.08. The lowest BCUT2D eigenvalue weighted by Crippen LogP contribution is -2.22. The van der Waals surface area contributed by atoms with E-state index in [1.807, 2.05) is 0 Å². The topological polar surface area (TPSA) is 90.4 Å². The van der Waals surface area contributed by atoms with Gasteiger partial charge < -0.3 is 5.73 Å². The van der Waals surface area contributed by atoms with Crippen molar-refractivity contribution in [1.29, 1.82) is 0 Å². The Kier molecular flexibility index (Phi) is 1.74. The molecule has 0 saturated carbocycles. The normalized spacial score (nSPS) is 10.3. The van der Waals surface area contributed by atoms with E-state index in [9.17, 15) is 9.59 Å². The van der Waals surface area contributed by atoms with Crippen molar-refractivity contribution in [2.24, 2.45) is 5.73 Å². The van der Waals surface area contributed by atoms with Crippen LogP contribution in [-0.2, 0) is 0 Å². The number of hydrogen-bond donors (Lipinski definition) is 1. The Morgan fingerprint density at radius 1 is 1.50 bits per heavy atom. The van der Waals surface area contributed by atoms with Gasteiger partial charge in [0.05, 0.1) is 0 Å². The number of nitrogens with two attached hydrogens (primary N) is 1. The van der Waals surface area contributed by atoms with Gasteiger partial charge in [-0.2, -0.15) is 9.61 Å². The van der Waals surface area contributed by atoms with E-state index in [1.165, 1.54) is 6.20 Å². The van der Waals surface area contributed by atoms with Crippen molar-refractivity contribution in [3.05, 3.63) is 40.4 Å². The third-order valence-electron chi connectivity index (χ3n) is 1.69. The third kappa shape index (κ3) is 1.22. The van der Waals surface area contributed by atoms with E-state index in [1.54, 1.807) is 12.1 Å². The molecule has 2 aromatic heterocycles. The molecule has 0 unspecified atom stereocenters. The van der Waals surface area contributed by atoms with Crippen LogP contribution >= 0.6 is 0 Å². The van der Waals surface area contributed by atoms with Gasteiger partial charge in [-0.05, 0) is 12.1 Å². The van der Waals surface area contributed by atoms with Crippen LogP contribution in [0.15, 0.2) is 29.2 Å². The minimum absolute atomic E-state index is 0.0528. The highest BCUT2D eigenvalue weighted by Crippen LogP contribution is 1.95. The lowest BCUT2D eigenvalue weighted by Gasteiger charge is -1.98. The summed E-state index contributed by atoms with van der Waals surface area (Å²) in [7, 11) is 0. The highest BCUT2D eigenvalue weighted by Gasteiger charge is 2.06. The summed E-state index contributed by atoms with van der Waals surface area (Å²) < 4.78 is 1.09. The quantitative estimate of drug-likeness (QED) is 0.636. The number of aromatic nitrogens is 3. The standard InChI is InChI=1S/C8H6N4O2/c9-8(14)5-4-7(13)12-6(11-5)2-1-3-10-12/h1-4H,(H2,9,14). The molecule has 0 atom stereocenters. The molecule has 14 heavy (non-hydrogen) atoms. The molecule has 6 nitrogen and oxygen atoms in total. The van der Waals surface area contributed by atoms with Crippen molar-refractivity contribution in [2.75, 3.05) is 0 Å². The Labute approximate surface area is 78.0 Å². The monoisotopic (exact) mass is 190 g/mol. The molecule has 2 N–H and O–H groups in total. The van der Waals surface area contributed by atoms with Crippen molar-refractivity contribution in [2.45, 2.75) is 0 Å². The van der Waals surface area contributed by atoms with Crippen LogP contribution in [0.25, 0.3) is 5.65 Å². The average molecular weight is 190 g/mol. The number of primary amides is 1. The molecular weight excluding hydrogens is 184 g/mol. The molecule has 0 aliphatic rings. The molecule has 6 heteroatoms. The molecule has 0 radical (unpaired) electrons. The van der Waals surface area contributed by atoms with Crippen LogP contribution in [0, 0.1) is 0 Å². The molecule has 2 rings (SSSR count). The van der Waals surface area contributed by atoms with Gasteiger partial charge in [-0.15, -0.1) is 0 Å². The van der Waals surface area contributed by atoms with Crippen LogP contribution < -0.4 is 11.3 Å². The predicted molar refractivity (Wildman–Crippen MR) is 47.8 cm³/mol. The Morgan fingerprint density at radius 3 is 3.00 bits per heavy atom. The molecule has 0 spiro atoms. The first-order valence-corrected chi connectivity index (χ1v) is 3.83. The molecule has 2 heterocycles. The second kappa shape index (κ2) is 2.91. The highest BCUT2D eigenvalue weighted by molar-refractivity contribution is 5.91. The van der Waals surface area contributed by atoms with Crippen molar-refractivity contribution in [3.8, 4) is 0 Å². The van der Waals surface area contributed by atoms with Crippen LogP contribution in [0.2, 0.25) is 0 Å². The third-order valence-corrected chi connectivity index (χ3v) is 1.69. The van der Waals surface area contributed by atoms with Crippen molar-refractivity contribution >= 4 is 11.6 Å². The lowest BCUT2D eigenvalue weighted by molar-refractivity contribution is 0.0995. The molecular formula is C8H6N4O2. The van der Waals surface area contributed by atoms with Gasteiger partial charge in [0.2, 0.25) is 0 Å². The fraction of sp³-hybridized carbons (Fsp3) is 0.